The van der Waals surface area contributed by atoms with Gasteiger partial charge >= 0.3 is 0 Å². The van der Waals surface area contributed by atoms with Crippen molar-refractivity contribution < 1.29 is 0 Å². The quantitative estimate of drug-likeness (QED) is 0.703. The molecule has 2 heteroatoms. The summed E-state index contributed by atoms with van der Waals surface area (Å²) in [4.78, 5) is 0. The highest BCUT2D eigenvalue weighted by Gasteiger charge is 2.18. The molecule has 2 N–H and O–H groups in total. The summed E-state index contributed by atoms with van der Waals surface area (Å²) in [6.07, 6.45) is 9.92. The van der Waals surface area contributed by atoms with Crippen LogP contribution in [0.5, 0.6) is 0 Å². The van der Waals surface area contributed by atoms with Crippen molar-refractivity contribution >= 4 is 0 Å². The molecule has 1 saturated carbocycles. The fourth-order valence-electron chi connectivity index (χ4n) is 2.78. The highest BCUT2D eigenvalue weighted by atomic mass is 15.0. The minimum atomic E-state index is 0.695. The summed E-state index contributed by atoms with van der Waals surface area (Å²) in [5.74, 6) is 1.05. The van der Waals surface area contributed by atoms with Gasteiger partial charge in [0.05, 0.1) is 0 Å². The molecule has 0 aromatic heterocycles. The summed E-state index contributed by atoms with van der Waals surface area (Å²) < 4.78 is 0. The van der Waals surface area contributed by atoms with Gasteiger partial charge in [0.25, 0.3) is 0 Å². The van der Waals surface area contributed by atoms with E-state index in [0.717, 1.165) is 12.0 Å². The molecule has 2 nitrogen and oxygen atoms in total. The largest absolute Gasteiger partial charge is 0.314 e. The molecule has 1 saturated heterocycles. The molecule has 0 bridgehead atoms. The Labute approximate surface area is 94.2 Å². The molecule has 2 fully saturated rings. The topological polar surface area (TPSA) is 24.1 Å². The van der Waals surface area contributed by atoms with Gasteiger partial charge in [0.2, 0.25) is 0 Å². The molecule has 0 radical (unpaired) electrons. The summed E-state index contributed by atoms with van der Waals surface area (Å²) in [6.45, 7) is 4.80. The van der Waals surface area contributed by atoms with Crippen LogP contribution in [-0.4, -0.2) is 25.2 Å². The highest BCUT2D eigenvalue weighted by molar-refractivity contribution is 4.79. The first-order valence-electron chi connectivity index (χ1n) is 6.81. The number of hydrogen-bond acceptors (Lipinski definition) is 2. The molecule has 2 aliphatic rings. The molecule has 1 aliphatic carbocycles. The van der Waals surface area contributed by atoms with Gasteiger partial charge in [0, 0.05) is 12.1 Å². The van der Waals surface area contributed by atoms with E-state index in [4.69, 9.17) is 0 Å². The fourth-order valence-corrected chi connectivity index (χ4v) is 2.78. The van der Waals surface area contributed by atoms with E-state index >= 15 is 0 Å². The van der Waals surface area contributed by atoms with Crippen molar-refractivity contribution in [1.82, 2.24) is 10.6 Å². The Bertz CT molecular complexity index is 171. The Balaban J connectivity index is 1.49. The molecule has 2 unspecified atom stereocenters. The smallest absolute Gasteiger partial charge is 0.00822 e. The molecule has 1 heterocycles. The molecule has 88 valence electrons. The first-order chi connectivity index (χ1) is 7.34. The van der Waals surface area contributed by atoms with Crippen LogP contribution < -0.4 is 10.6 Å². The summed E-state index contributed by atoms with van der Waals surface area (Å²) >= 11 is 0. The van der Waals surface area contributed by atoms with E-state index in [9.17, 15) is 0 Å². The zero-order valence-corrected chi connectivity index (χ0v) is 10.1. The van der Waals surface area contributed by atoms with Crippen molar-refractivity contribution in [2.75, 3.05) is 13.1 Å². The van der Waals surface area contributed by atoms with Crippen LogP contribution in [0.1, 0.15) is 51.9 Å². The van der Waals surface area contributed by atoms with Gasteiger partial charge in [-0.05, 0) is 51.6 Å². The fraction of sp³-hybridized carbons (Fsp3) is 1.00. The predicted molar refractivity (Wildman–Crippen MR) is 65.1 cm³/mol. The highest BCUT2D eigenvalue weighted by Crippen LogP contribution is 2.28. The molecule has 15 heavy (non-hydrogen) atoms. The summed E-state index contributed by atoms with van der Waals surface area (Å²) in [6, 6.07) is 1.48. The van der Waals surface area contributed by atoms with E-state index in [0.29, 0.717) is 6.04 Å². The van der Waals surface area contributed by atoms with E-state index in [1.165, 1.54) is 58.0 Å². The van der Waals surface area contributed by atoms with E-state index in [1.54, 1.807) is 0 Å². The van der Waals surface area contributed by atoms with Crippen LogP contribution in [-0.2, 0) is 0 Å². The second-order valence-corrected chi connectivity index (χ2v) is 5.47. The van der Waals surface area contributed by atoms with E-state index in [1.807, 2.05) is 0 Å². The Morgan fingerprint density at radius 2 is 2.13 bits per heavy atom. The maximum atomic E-state index is 3.67. The van der Waals surface area contributed by atoms with Gasteiger partial charge in [-0.25, -0.2) is 0 Å². The summed E-state index contributed by atoms with van der Waals surface area (Å²) in [5.41, 5.74) is 0. The van der Waals surface area contributed by atoms with Crippen LogP contribution in [0.4, 0.5) is 0 Å². The molecule has 2 atom stereocenters. The lowest BCUT2D eigenvalue weighted by Crippen LogP contribution is -2.35. The monoisotopic (exact) mass is 210 g/mol. The van der Waals surface area contributed by atoms with Gasteiger partial charge in [-0.15, -0.1) is 0 Å². The van der Waals surface area contributed by atoms with Crippen LogP contribution in [0, 0.1) is 5.92 Å². The Kier molecular flexibility index (Phi) is 4.45. The van der Waals surface area contributed by atoms with Crippen molar-refractivity contribution in [2.45, 2.75) is 64.0 Å². The molecule has 0 spiro atoms. The van der Waals surface area contributed by atoms with Crippen molar-refractivity contribution in [1.29, 1.82) is 0 Å². The summed E-state index contributed by atoms with van der Waals surface area (Å²) in [7, 11) is 0. The van der Waals surface area contributed by atoms with Crippen LogP contribution >= 0.6 is 0 Å². The number of rotatable bonds is 6. The average Bonchev–Trinajstić information content (AvgIpc) is 2.62. The normalized spacial score (nSPS) is 29.0. The lowest BCUT2D eigenvalue weighted by atomic mass is 9.83. The van der Waals surface area contributed by atoms with Gasteiger partial charge in [0.15, 0.2) is 0 Å². The zero-order chi connectivity index (χ0) is 10.5. The van der Waals surface area contributed by atoms with E-state index < -0.39 is 0 Å². The molecule has 0 aromatic carbocycles. The third-order valence-corrected chi connectivity index (χ3v) is 4.07. The van der Waals surface area contributed by atoms with Gasteiger partial charge in [-0.2, -0.15) is 0 Å². The van der Waals surface area contributed by atoms with Crippen molar-refractivity contribution in [2.24, 2.45) is 5.92 Å². The first kappa shape index (κ1) is 11.4. The van der Waals surface area contributed by atoms with Crippen LogP contribution in [0.3, 0.4) is 0 Å². The minimum absolute atomic E-state index is 0.695. The second-order valence-electron chi connectivity index (χ2n) is 5.47. The molecular weight excluding hydrogens is 184 g/mol. The maximum absolute atomic E-state index is 3.67. The lowest BCUT2D eigenvalue weighted by Gasteiger charge is -2.26. The third-order valence-electron chi connectivity index (χ3n) is 4.07. The van der Waals surface area contributed by atoms with Gasteiger partial charge in [-0.3, -0.25) is 0 Å². The lowest BCUT2D eigenvalue weighted by molar-refractivity contribution is 0.285. The summed E-state index contributed by atoms with van der Waals surface area (Å²) in [5, 5.41) is 7.24. The number of hydrogen-bond donors (Lipinski definition) is 2. The SMILES string of the molecule is CC(CC1CCCN1)NCCC1CCC1. The van der Waals surface area contributed by atoms with E-state index in [-0.39, 0.29) is 0 Å². The van der Waals surface area contributed by atoms with Crippen molar-refractivity contribution in [3.63, 3.8) is 0 Å². The molecular formula is C13H26N2. The molecule has 0 amide bonds. The molecule has 1 aliphatic heterocycles. The Morgan fingerprint density at radius 1 is 1.27 bits per heavy atom. The third kappa shape index (κ3) is 3.76. The second kappa shape index (κ2) is 5.86. The van der Waals surface area contributed by atoms with E-state index in [2.05, 4.69) is 17.6 Å². The maximum Gasteiger partial charge on any atom is 0.00822 e. The Hall–Kier alpha value is -0.0800. The van der Waals surface area contributed by atoms with Crippen molar-refractivity contribution in [3.8, 4) is 0 Å². The van der Waals surface area contributed by atoms with Gasteiger partial charge in [0.1, 0.15) is 0 Å². The Morgan fingerprint density at radius 3 is 2.73 bits per heavy atom. The molecule has 2 rings (SSSR count). The standard InChI is InChI=1S/C13H26N2/c1-11(10-13-6-3-8-15-13)14-9-7-12-4-2-5-12/h11-15H,2-10H2,1H3. The van der Waals surface area contributed by atoms with Crippen molar-refractivity contribution in [3.05, 3.63) is 0 Å². The van der Waals surface area contributed by atoms with Gasteiger partial charge < -0.3 is 10.6 Å². The van der Waals surface area contributed by atoms with Crippen LogP contribution in [0.15, 0.2) is 0 Å². The number of nitrogens with one attached hydrogen (secondary N) is 2. The van der Waals surface area contributed by atoms with Gasteiger partial charge in [-0.1, -0.05) is 19.3 Å². The predicted octanol–water partition coefficient (Wildman–Crippen LogP) is 2.30. The van der Waals surface area contributed by atoms with Crippen LogP contribution in [0.2, 0.25) is 0 Å². The average molecular weight is 210 g/mol. The minimum Gasteiger partial charge on any atom is -0.314 e. The zero-order valence-electron chi connectivity index (χ0n) is 10.1. The first-order valence-corrected chi connectivity index (χ1v) is 6.81. The van der Waals surface area contributed by atoms with Crippen LogP contribution in [0.25, 0.3) is 0 Å². The molecule has 0 aromatic rings.